The van der Waals surface area contributed by atoms with Crippen molar-refractivity contribution in [2.24, 2.45) is 16.8 Å². The lowest BCUT2D eigenvalue weighted by molar-refractivity contribution is 0.245. The molecule has 0 bridgehead atoms. The Morgan fingerprint density at radius 3 is 2.71 bits per heavy atom. The molecule has 0 saturated heterocycles. The standard InChI is InChI=1S/C22H35N5O/c1-5-23-22(24-16-19(10-13-28)14-17(2)3)26-18(4)20-8-6-9-21(15-20)27-12-7-11-25-27/h6-9,11-12,15,17-19,28H,5,10,13-14,16H2,1-4H3,(H2,23,24,26). The van der Waals surface area contributed by atoms with Crippen LogP contribution in [-0.2, 0) is 0 Å². The summed E-state index contributed by atoms with van der Waals surface area (Å²) in [7, 11) is 0. The first-order chi connectivity index (χ1) is 13.5. The van der Waals surface area contributed by atoms with E-state index in [9.17, 15) is 5.11 Å². The zero-order valence-electron chi connectivity index (χ0n) is 17.6. The average Bonchev–Trinajstić information content (AvgIpc) is 3.21. The van der Waals surface area contributed by atoms with Crippen molar-refractivity contribution >= 4 is 5.96 Å². The molecule has 2 rings (SSSR count). The van der Waals surface area contributed by atoms with Gasteiger partial charge in [0.05, 0.1) is 11.7 Å². The maximum absolute atomic E-state index is 9.33. The van der Waals surface area contributed by atoms with Gasteiger partial charge in [-0.2, -0.15) is 5.10 Å². The first-order valence-corrected chi connectivity index (χ1v) is 10.3. The predicted octanol–water partition coefficient (Wildman–Crippen LogP) is 3.53. The summed E-state index contributed by atoms with van der Waals surface area (Å²) >= 11 is 0. The van der Waals surface area contributed by atoms with Gasteiger partial charge in [-0.25, -0.2) is 4.68 Å². The Morgan fingerprint density at radius 1 is 1.25 bits per heavy atom. The van der Waals surface area contributed by atoms with Crippen molar-refractivity contribution < 1.29 is 5.11 Å². The Kier molecular flexibility index (Phi) is 9.01. The van der Waals surface area contributed by atoms with Gasteiger partial charge in [0.25, 0.3) is 0 Å². The summed E-state index contributed by atoms with van der Waals surface area (Å²) in [6.07, 6.45) is 5.59. The summed E-state index contributed by atoms with van der Waals surface area (Å²) in [5.74, 6) is 1.82. The Hall–Kier alpha value is -2.34. The van der Waals surface area contributed by atoms with Crippen LogP contribution in [0.2, 0.25) is 0 Å². The number of hydrogen-bond donors (Lipinski definition) is 3. The third-order valence-corrected chi connectivity index (χ3v) is 4.69. The predicted molar refractivity (Wildman–Crippen MR) is 116 cm³/mol. The second-order valence-corrected chi connectivity index (χ2v) is 7.64. The van der Waals surface area contributed by atoms with Gasteiger partial charge >= 0.3 is 0 Å². The van der Waals surface area contributed by atoms with Crippen LogP contribution in [0.1, 0.15) is 52.1 Å². The maximum Gasteiger partial charge on any atom is 0.191 e. The van der Waals surface area contributed by atoms with Crippen LogP contribution in [0, 0.1) is 11.8 Å². The number of benzene rings is 1. The van der Waals surface area contributed by atoms with Gasteiger partial charge in [-0.3, -0.25) is 4.99 Å². The number of rotatable bonds is 10. The number of aliphatic imine (C=N–C) groups is 1. The topological polar surface area (TPSA) is 74.5 Å². The number of guanidine groups is 1. The van der Waals surface area contributed by atoms with Crippen molar-refractivity contribution in [2.75, 3.05) is 19.7 Å². The molecule has 1 aromatic carbocycles. The fourth-order valence-corrected chi connectivity index (χ4v) is 3.32. The molecule has 0 saturated carbocycles. The van der Waals surface area contributed by atoms with Crippen LogP contribution in [0.15, 0.2) is 47.7 Å². The third kappa shape index (κ3) is 7.00. The van der Waals surface area contributed by atoms with Crippen LogP contribution in [0.5, 0.6) is 0 Å². The minimum absolute atomic E-state index is 0.106. The number of aliphatic hydroxyl groups is 1. The number of aliphatic hydroxyl groups excluding tert-OH is 1. The molecule has 6 heteroatoms. The molecule has 6 nitrogen and oxygen atoms in total. The summed E-state index contributed by atoms with van der Waals surface area (Å²) < 4.78 is 1.86. The van der Waals surface area contributed by atoms with Crippen LogP contribution in [0.3, 0.4) is 0 Å². The van der Waals surface area contributed by atoms with Crippen LogP contribution in [0.25, 0.3) is 5.69 Å². The summed E-state index contributed by atoms with van der Waals surface area (Å²) in [4.78, 5) is 4.79. The molecule has 0 amide bonds. The molecular weight excluding hydrogens is 350 g/mol. The monoisotopic (exact) mass is 385 g/mol. The molecule has 154 valence electrons. The summed E-state index contributed by atoms with van der Waals surface area (Å²) in [6.45, 7) is 10.4. The van der Waals surface area contributed by atoms with Gasteiger partial charge in [0.1, 0.15) is 0 Å². The average molecular weight is 386 g/mol. The Bertz CT molecular complexity index is 711. The van der Waals surface area contributed by atoms with E-state index in [2.05, 4.69) is 61.6 Å². The van der Waals surface area contributed by atoms with Crippen molar-refractivity contribution in [1.29, 1.82) is 0 Å². The van der Waals surface area contributed by atoms with E-state index in [1.54, 1.807) is 6.20 Å². The van der Waals surface area contributed by atoms with Crippen LogP contribution >= 0.6 is 0 Å². The van der Waals surface area contributed by atoms with Crippen molar-refractivity contribution in [1.82, 2.24) is 20.4 Å². The second-order valence-electron chi connectivity index (χ2n) is 7.64. The molecule has 28 heavy (non-hydrogen) atoms. The largest absolute Gasteiger partial charge is 0.396 e. The van der Waals surface area contributed by atoms with E-state index in [0.29, 0.717) is 18.4 Å². The molecule has 0 fully saturated rings. The maximum atomic E-state index is 9.33. The van der Waals surface area contributed by atoms with Gasteiger partial charge in [0.15, 0.2) is 5.96 Å². The van der Waals surface area contributed by atoms with E-state index < -0.39 is 0 Å². The highest BCUT2D eigenvalue weighted by molar-refractivity contribution is 5.80. The van der Waals surface area contributed by atoms with Crippen molar-refractivity contribution in [2.45, 2.75) is 46.6 Å². The van der Waals surface area contributed by atoms with Crippen LogP contribution < -0.4 is 10.6 Å². The van der Waals surface area contributed by atoms with Crippen molar-refractivity contribution in [3.8, 4) is 5.69 Å². The lowest BCUT2D eigenvalue weighted by Crippen LogP contribution is -2.39. The Morgan fingerprint density at radius 2 is 2.07 bits per heavy atom. The SMILES string of the molecule is CCNC(=NCC(CCO)CC(C)C)NC(C)c1cccc(-n2cccn2)c1. The minimum Gasteiger partial charge on any atom is -0.396 e. The normalized spacial score (nSPS) is 14.1. The fourth-order valence-electron chi connectivity index (χ4n) is 3.32. The van der Waals surface area contributed by atoms with Gasteiger partial charge < -0.3 is 15.7 Å². The molecular formula is C22H35N5O. The van der Waals surface area contributed by atoms with Crippen molar-refractivity contribution in [3.05, 3.63) is 48.3 Å². The highest BCUT2D eigenvalue weighted by Crippen LogP contribution is 2.18. The lowest BCUT2D eigenvalue weighted by atomic mass is 9.94. The van der Waals surface area contributed by atoms with Gasteiger partial charge in [-0.1, -0.05) is 26.0 Å². The van der Waals surface area contributed by atoms with E-state index in [1.165, 1.54) is 5.56 Å². The first kappa shape index (κ1) is 22.0. The Labute approximate surface area is 169 Å². The molecule has 0 radical (unpaired) electrons. The van der Waals surface area contributed by atoms with E-state index in [4.69, 9.17) is 4.99 Å². The zero-order valence-corrected chi connectivity index (χ0v) is 17.6. The molecule has 1 heterocycles. The van der Waals surface area contributed by atoms with E-state index in [-0.39, 0.29) is 12.6 Å². The van der Waals surface area contributed by atoms with Crippen LogP contribution in [-0.4, -0.2) is 40.5 Å². The quantitative estimate of drug-likeness (QED) is 0.432. The molecule has 0 spiro atoms. The summed E-state index contributed by atoms with van der Waals surface area (Å²) in [6, 6.07) is 10.4. The van der Waals surface area contributed by atoms with Crippen molar-refractivity contribution in [3.63, 3.8) is 0 Å². The number of nitrogens with one attached hydrogen (secondary N) is 2. The van der Waals surface area contributed by atoms with E-state index >= 15 is 0 Å². The van der Waals surface area contributed by atoms with Crippen LogP contribution in [0.4, 0.5) is 0 Å². The van der Waals surface area contributed by atoms with Gasteiger partial charge in [-0.15, -0.1) is 0 Å². The summed E-state index contributed by atoms with van der Waals surface area (Å²) in [5.41, 5.74) is 2.21. The van der Waals surface area contributed by atoms with E-state index in [0.717, 1.165) is 31.0 Å². The first-order valence-electron chi connectivity index (χ1n) is 10.3. The molecule has 0 aliphatic carbocycles. The highest BCUT2D eigenvalue weighted by Gasteiger charge is 2.13. The Balaban J connectivity index is 2.07. The molecule has 2 unspecified atom stereocenters. The molecule has 3 N–H and O–H groups in total. The van der Waals surface area contributed by atoms with Gasteiger partial charge in [0.2, 0.25) is 0 Å². The fraction of sp³-hybridized carbons (Fsp3) is 0.545. The molecule has 0 aliphatic heterocycles. The lowest BCUT2D eigenvalue weighted by Gasteiger charge is -2.21. The number of hydrogen-bond acceptors (Lipinski definition) is 3. The van der Waals surface area contributed by atoms with E-state index in [1.807, 2.05) is 23.0 Å². The third-order valence-electron chi connectivity index (χ3n) is 4.69. The molecule has 2 atom stereocenters. The molecule has 2 aromatic rings. The van der Waals surface area contributed by atoms with Gasteiger partial charge in [-0.05, 0) is 62.3 Å². The molecule has 0 aliphatic rings. The second kappa shape index (κ2) is 11.5. The van der Waals surface area contributed by atoms with Gasteiger partial charge in [0, 0.05) is 32.1 Å². The zero-order chi connectivity index (χ0) is 20.4. The molecule has 1 aromatic heterocycles. The minimum atomic E-state index is 0.106. The smallest absolute Gasteiger partial charge is 0.191 e. The number of aromatic nitrogens is 2. The number of nitrogens with zero attached hydrogens (tertiary/aromatic N) is 3. The summed E-state index contributed by atoms with van der Waals surface area (Å²) in [5, 5.41) is 20.5. The highest BCUT2D eigenvalue weighted by atomic mass is 16.3.